The minimum Gasteiger partial charge on any atom is -0.372 e. The lowest BCUT2D eigenvalue weighted by atomic mass is 9.82. The second-order valence-electron chi connectivity index (χ2n) is 8.61. The molecule has 0 aromatic rings. The van der Waals surface area contributed by atoms with E-state index in [1.165, 1.54) is 0 Å². The van der Waals surface area contributed by atoms with Crippen LogP contribution in [0.5, 0.6) is 0 Å². The summed E-state index contributed by atoms with van der Waals surface area (Å²) in [5, 5.41) is 0. The molecule has 0 saturated heterocycles. The topological polar surface area (TPSA) is 52.6 Å². The summed E-state index contributed by atoms with van der Waals surface area (Å²) in [6.45, 7) is 19.1. The first-order valence-corrected chi connectivity index (χ1v) is 8.53. The molecule has 0 bridgehead atoms. The highest BCUT2D eigenvalue weighted by Gasteiger charge is 2.31. The van der Waals surface area contributed by atoms with Crippen molar-refractivity contribution in [2.45, 2.75) is 87.0 Å². The van der Waals surface area contributed by atoms with Gasteiger partial charge < -0.3 is 9.47 Å². The lowest BCUT2D eigenvalue weighted by Gasteiger charge is -2.29. The first-order chi connectivity index (χ1) is 10.2. The zero-order chi connectivity index (χ0) is 18.6. The van der Waals surface area contributed by atoms with Crippen molar-refractivity contribution in [3.8, 4) is 0 Å². The quantitative estimate of drug-likeness (QED) is 0.674. The molecule has 0 N–H and O–H groups in total. The van der Waals surface area contributed by atoms with Crippen LogP contribution in [0.1, 0.15) is 69.2 Å². The fourth-order valence-electron chi connectivity index (χ4n) is 2.31. The molecule has 4 heteroatoms. The summed E-state index contributed by atoms with van der Waals surface area (Å²) in [5.74, 6) is -0.324. The molecule has 4 atom stereocenters. The van der Waals surface area contributed by atoms with Gasteiger partial charge in [0.2, 0.25) is 0 Å². The third-order valence-electron chi connectivity index (χ3n) is 4.10. The summed E-state index contributed by atoms with van der Waals surface area (Å²) in [6, 6.07) is 0. The molecule has 0 radical (unpaired) electrons. The van der Waals surface area contributed by atoms with Crippen molar-refractivity contribution in [3.05, 3.63) is 0 Å². The molecular weight excluding hydrogens is 292 g/mol. The van der Waals surface area contributed by atoms with Crippen molar-refractivity contribution < 1.29 is 19.1 Å². The van der Waals surface area contributed by atoms with Gasteiger partial charge in [0.25, 0.3) is 0 Å². The van der Waals surface area contributed by atoms with Gasteiger partial charge in [-0.05, 0) is 34.6 Å². The predicted molar refractivity (Wildman–Crippen MR) is 93.5 cm³/mol. The van der Waals surface area contributed by atoms with E-state index in [0.717, 1.165) is 0 Å². The fourth-order valence-corrected chi connectivity index (χ4v) is 2.31. The maximum Gasteiger partial charge on any atom is 0.163 e. The number of Topliss-reactive ketones (excluding diaryl/α,β-unsaturated/α-hetero) is 2. The van der Waals surface area contributed by atoms with Crippen LogP contribution in [0.15, 0.2) is 0 Å². The van der Waals surface area contributed by atoms with Crippen LogP contribution in [-0.4, -0.2) is 36.0 Å². The zero-order valence-electron chi connectivity index (χ0n) is 16.6. The molecule has 0 fully saturated rings. The van der Waals surface area contributed by atoms with Crippen LogP contribution in [0.3, 0.4) is 0 Å². The normalized spacial score (nSPS) is 18.2. The summed E-state index contributed by atoms with van der Waals surface area (Å²) in [7, 11) is 0. The van der Waals surface area contributed by atoms with Gasteiger partial charge in [0.05, 0.1) is 17.8 Å². The molecule has 0 aromatic heterocycles. The standard InChI is InChI=1S/C19H36O4/c1-12(15(4)23-19(8,9)10)16(20)11-22-14(3)13(2)17(21)18(5,6)7/h12-15H,11H2,1-10H3/t12?,13-,14+,15?/m1/s1. The minimum absolute atomic E-state index is 0.00371. The molecule has 0 aliphatic heterocycles. The minimum atomic E-state index is -0.399. The molecule has 0 spiro atoms. The Morgan fingerprint density at radius 3 is 1.70 bits per heavy atom. The number of ether oxygens (including phenoxy) is 2. The van der Waals surface area contributed by atoms with Gasteiger partial charge in [-0.15, -0.1) is 0 Å². The molecule has 0 aromatic carbocycles. The van der Waals surface area contributed by atoms with Crippen molar-refractivity contribution in [2.75, 3.05) is 6.61 Å². The molecule has 0 aliphatic rings. The van der Waals surface area contributed by atoms with Gasteiger partial charge in [0.15, 0.2) is 5.78 Å². The van der Waals surface area contributed by atoms with E-state index in [1.807, 2.05) is 69.2 Å². The maximum absolute atomic E-state index is 12.3. The number of hydrogen-bond acceptors (Lipinski definition) is 4. The van der Waals surface area contributed by atoms with Crippen molar-refractivity contribution in [1.29, 1.82) is 0 Å². The molecule has 0 heterocycles. The second-order valence-corrected chi connectivity index (χ2v) is 8.61. The van der Waals surface area contributed by atoms with Crippen LogP contribution in [0.2, 0.25) is 0 Å². The Morgan fingerprint density at radius 1 is 0.826 bits per heavy atom. The molecule has 0 saturated carbocycles. The number of carbonyl (C=O) groups excluding carboxylic acids is 2. The summed E-state index contributed by atoms with van der Waals surface area (Å²) < 4.78 is 11.5. The van der Waals surface area contributed by atoms with Gasteiger partial charge in [-0.25, -0.2) is 0 Å². The van der Waals surface area contributed by atoms with Crippen LogP contribution < -0.4 is 0 Å². The number of rotatable bonds is 8. The van der Waals surface area contributed by atoms with E-state index < -0.39 is 5.41 Å². The molecule has 136 valence electrons. The fraction of sp³-hybridized carbons (Fsp3) is 0.895. The van der Waals surface area contributed by atoms with Crippen LogP contribution >= 0.6 is 0 Å². The Kier molecular flexibility index (Phi) is 8.12. The zero-order valence-corrected chi connectivity index (χ0v) is 16.6. The summed E-state index contributed by atoms with van der Waals surface area (Å²) >= 11 is 0. The van der Waals surface area contributed by atoms with Gasteiger partial charge in [-0.3, -0.25) is 9.59 Å². The Morgan fingerprint density at radius 2 is 1.30 bits per heavy atom. The SMILES string of the molecule is CC(OC(C)(C)C)C(C)C(=O)CO[C@@H](C)[C@@H](C)C(=O)C(C)(C)C. The van der Waals surface area contributed by atoms with E-state index in [-0.39, 0.29) is 47.8 Å². The Hall–Kier alpha value is -0.740. The Balaban J connectivity index is 4.50. The Labute approximate surface area is 142 Å². The monoisotopic (exact) mass is 328 g/mol. The van der Waals surface area contributed by atoms with Crippen molar-refractivity contribution in [1.82, 2.24) is 0 Å². The van der Waals surface area contributed by atoms with E-state index in [4.69, 9.17) is 9.47 Å². The van der Waals surface area contributed by atoms with E-state index >= 15 is 0 Å². The van der Waals surface area contributed by atoms with E-state index in [9.17, 15) is 9.59 Å². The van der Waals surface area contributed by atoms with Crippen LogP contribution in [0.4, 0.5) is 0 Å². The lowest BCUT2D eigenvalue weighted by molar-refractivity contribution is -0.143. The van der Waals surface area contributed by atoms with Gasteiger partial charge in [-0.1, -0.05) is 34.6 Å². The predicted octanol–water partition coefficient (Wildman–Crippen LogP) is 4.05. The van der Waals surface area contributed by atoms with Gasteiger partial charge in [0.1, 0.15) is 12.4 Å². The van der Waals surface area contributed by atoms with Crippen LogP contribution in [0, 0.1) is 17.3 Å². The molecule has 4 nitrogen and oxygen atoms in total. The third kappa shape index (κ3) is 8.07. The van der Waals surface area contributed by atoms with Crippen molar-refractivity contribution >= 4 is 11.6 Å². The van der Waals surface area contributed by atoms with Gasteiger partial charge in [0, 0.05) is 17.3 Å². The highest BCUT2D eigenvalue weighted by molar-refractivity contribution is 5.86. The second kappa shape index (κ2) is 8.39. The van der Waals surface area contributed by atoms with Crippen LogP contribution in [-0.2, 0) is 19.1 Å². The van der Waals surface area contributed by atoms with E-state index in [2.05, 4.69) is 0 Å². The highest BCUT2D eigenvalue weighted by Crippen LogP contribution is 2.23. The smallest absolute Gasteiger partial charge is 0.163 e. The summed E-state index contributed by atoms with van der Waals surface area (Å²) in [4.78, 5) is 24.5. The first kappa shape index (κ1) is 22.3. The van der Waals surface area contributed by atoms with Gasteiger partial charge >= 0.3 is 0 Å². The van der Waals surface area contributed by atoms with Crippen molar-refractivity contribution in [2.24, 2.45) is 17.3 Å². The van der Waals surface area contributed by atoms with Crippen LogP contribution in [0.25, 0.3) is 0 Å². The largest absolute Gasteiger partial charge is 0.372 e. The summed E-state index contributed by atoms with van der Waals surface area (Å²) in [5.41, 5.74) is -0.681. The first-order valence-electron chi connectivity index (χ1n) is 8.53. The average Bonchev–Trinajstić information content (AvgIpc) is 2.38. The summed E-state index contributed by atoms with van der Waals surface area (Å²) in [6.07, 6.45) is -0.452. The number of hydrogen-bond donors (Lipinski definition) is 0. The number of carbonyl (C=O) groups is 2. The van der Waals surface area contributed by atoms with Crippen molar-refractivity contribution in [3.63, 3.8) is 0 Å². The Bertz CT molecular complexity index is 401. The van der Waals surface area contributed by atoms with E-state index in [1.54, 1.807) is 0 Å². The lowest BCUT2D eigenvalue weighted by Crippen LogP contribution is -2.37. The highest BCUT2D eigenvalue weighted by atomic mass is 16.5. The third-order valence-corrected chi connectivity index (χ3v) is 4.10. The average molecular weight is 328 g/mol. The molecule has 2 unspecified atom stereocenters. The molecule has 0 rings (SSSR count). The molecule has 23 heavy (non-hydrogen) atoms. The molecule has 0 amide bonds. The molecule has 0 aliphatic carbocycles. The van der Waals surface area contributed by atoms with E-state index in [0.29, 0.717) is 0 Å². The number of ketones is 2. The molecular formula is C19H36O4. The maximum atomic E-state index is 12.3. The van der Waals surface area contributed by atoms with Gasteiger partial charge in [-0.2, -0.15) is 0 Å².